The minimum Gasteiger partial charge on any atom is -0.348 e. The lowest BCUT2D eigenvalue weighted by atomic mass is 10.0. The smallest absolute Gasteiger partial charge is 0.264 e. The zero-order chi connectivity index (χ0) is 23.4. The molecule has 0 saturated carbocycles. The molecule has 0 saturated heterocycles. The second-order valence-corrected chi connectivity index (χ2v) is 10.3. The Morgan fingerprint density at radius 2 is 1.67 bits per heavy atom. The molecule has 3 aromatic rings. The summed E-state index contributed by atoms with van der Waals surface area (Å²) in [6.45, 7) is 3.62. The number of nitrogens with one attached hydrogen (secondary N) is 1. The van der Waals surface area contributed by atoms with Crippen molar-refractivity contribution >= 4 is 21.6 Å². The molecule has 0 radical (unpaired) electrons. The number of benzene rings is 3. The van der Waals surface area contributed by atoms with Gasteiger partial charge in [-0.3, -0.25) is 9.10 Å². The Bertz CT molecular complexity index is 1240. The van der Waals surface area contributed by atoms with Gasteiger partial charge in [-0.2, -0.15) is 0 Å². The summed E-state index contributed by atoms with van der Waals surface area (Å²) in [6.07, 6.45) is 4.01. The van der Waals surface area contributed by atoms with Gasteiger partial charge in [-0.15, -0.1) is 0 Å². The molecule has 0 fully saturated rings. The van der Waals surface area contributed by atoms with Gasteiger partial charge in [-0.25, -0.2) is 8.42 Å². The van der Waals surface area contributed by atoms with Crippen LogP contribution in [0.4, 0.5) is 5.69 Å². The number of carbonyl (C=O) groups is 1. The predicted molar refractivity (Wildman–Crippen MR) is 132 cm³/mol. The summed E-state index contributed by atoms with van der Waals surface area (Å²) < 4.78 is 28.4. The molecule has 1 aliphatic rings. The van der Waals surface area contributed by atoms with Gasteiger partial charge < -0.3 is 5.32 Å². The molecule has 1 aliphatic carbocycles. The lowest BCUT2D eigenvalue weighted by Gasteiger charge is -2.27. The van der Waals surface area contributed by atoms with E-state index in [9.17, 15) is 13.2 Å². The molecule has 3 aromatic carbocycles. The summed E-state index contributed by atoms with van der Waals surface area (Å²) in [7, 11) is -3.92. The number of para-hydroxylation sites is 1. The summed E-state index contributed by atoms with van der Waals surface area (Å²) in [6, 6.07) is 21.7. The molecule has 0 aromatic heterocycles. The molecule has 0 unspecified atom stereocenters. The Morgan fingerprint density at radius 1 is 0.970 bits per heavy atom. The van der Waals surface area contributed by atoms with E-state index in [1.807, 2.05) is 26.0 Å². The standard InChI is InChI=1S/C27H30N2O3S/c1-3-21-10-7-8-15-26(21)29(33(31,32)25-13-5-4-6-14-25)19-27(30)28-20(2)23-17-16-22-11-9-12-24(22)18-23/h4-8,10,13-18,20H,3,9,11-12,19H2,1-2H3,(H,28,30)/t20-/m0/s1. The number of amides is 1. The molecule has 1 N–H and O–H groups in total. The molecule has 0 heterocycles. The molecule has 0 spiro atoms. The second kappa shape index (κ2) is 9.79. The Hall–Kier alpha value is -3.12. The van der Waals surface area contributed by atoms with Crippen LogP contribution in [0.1, 0.15) is 48.6 Å². The fraction of sp³-hybridized carbons (Fsp3) is 0.296. The van der Waals surface area contributed by atoms with E-state index < -0.39 is 10.0 Å². The minimum absolute atomic E-state index is 0.162. The molecule has 1 amide bonds. The number of anilines is 1. The molecule has 0 aliphatic heterocycles. The molecule has 5 nitrogen and oxygen atoms in total. The summed E-state index contributed by atoms with van der Waals surface area (Å²) in [5, 5.41) is 3.00. The number of rotatable bonds is 8. The SMILES string of the molecule is CCc1ccccc1N(CC(=O)N[C@@H](C)c1ccc2c(c1)CCC2)S(=O)(=O)c1ccccc1. The molecule has 33 heavy (non-hydrogen) atoms. The Labute approximate surface area is 196 Å². The van der Waals surface area contributed by atoms with Gasteiger partial charge in [0.25, 0.3) is 10.0 Å². The monoisotopic (exact) mass is 462 g/mol. The van der Waals surface area contributed by atoms with Gasteiger partial charge in [-0.1, -0.05) is 61.5 Å². The first-order valence-electron chi connectivity index (χ1n) is 11.5. The largest absolute Gasteiger partial charge is 0.348 e. The van der Waals surface area contributed by atoms with Crippen molar-refractivity contribution in [2.24, 2.45) is 0 Å². The van der Waals surface area contributed by atoms with E-state index in [4.69, 9.17) is 0 Å². The van der Waals surface area contributed by atoms with Crippen LogP contribution in [0, 0.1) is 0 Å². The summed E-state index contributed by atoms with van der Waals surface area (Å²) >= 11 is 0. The molecule has 4 rings (SSSR count). The maximum absolute atomic E-state index is 13.6. The van der Waals surface area contributed by atoms with Crippen LogP contribution in [-0.4, -0.2) is 20.9 Å². The zero-order valence-corrected chi connectivity index (χ0v) is 19.9. The topological polar surface area (TPSA) is 66.5 Å². The van der Waals surface area contributed by atoms with Gasteiger partial charge >= 0.3 is 0 Å². The van der Waals surface area contributed by atoms with Crippen LogP contribution in [0.3, 0.4) is 0 Å². The number of nitrogens with zero attached hydrogens (tertiary/aromatic N) is 1. The molecule has 6 heteroatoms. The van der Waals surface area contributed by atoms with Crippen LogP contribution in [0.5, 0.6) is 0 Å². The normalized spacial score (nSPS) is 13.9. The van der Waals surface area contributed by atoms with E-state index in [0.717, 1.165) is 24.0 Å². The maximum atomic E-state index is 13.6. The van der Waals surface area contributed by atoms with Gasteiger partial charge in [0.1, 0.15) is 6.54 Å². The lowest BCUT2D eigenvalue weighted by molar-refractivity contribution is -0.120. The van der Waals surface area contributed by atoms with Gasteiger partial charge in [0.15, 0.2) is 0 Å². The van der Waals surface area contributed by atoms with Crippen molar-refractivity contribution in [2.75, 3.05) is 10.8 Å². The van der Waals surface area contributed by atoms with Crippen LogP contribution in [0.25, 0.3) is 0 Å². The van der Waals surface area contributed by atoms with Crippen LogP contribution in [0.2, 0.25) is 0 Å². The van der Waals surface area contributed by atoms with E-state index in [0.29, 0.717) is 12.1 Å². The average Bonchev–Trinajstić information content (AvgIpc) is 3.31. The summed E-state index contributed by atoms with van der Waals surface area (Å²) in [5.41, 5.74) is 5.17. The number of hydrogen-bond donors (Lipinski definition) is 1. The zero-order valence-electron chi connectivity index (χ0n) is 19.1. The van der Waals surface area contributed by atoms with E-state index in [1.54, 1.807) is 42.5 Å². The van der Waals surface area contributed by atoms with Gasteiger partial charge in [0, 0.05) is 0 Å². The van der Waals surface area contributed by atoms with Crippen LogP contribution in [-0.2, 0) is 34.1 Å². The van der Waals surface area contributed by atoms with Crippen LogP contribution < -0.4 is 9.62 Å². The van der Waals surface area contributed by atoms with Crippen molar-refractivity contribution in [3.8, 4) is 0 Å². The summed E-state index contributed by atoms with van der Waals surface area (Å²) in [4.78, 5) is 13.3. The van der Waals surface area contributed by atoms with Crippen molar-refractivity contribution in [3.63, 3.8) is 0 Å². The molecule has 0 bridgehead atoms. The highest BCUT2D eigenvalue weighted by Crippen LogP contribution is 2.28. The summed E-state index contributed by atoms with van der Waals surface area (Å²) in [5.74, 6) is -0.339. The predicted octanol–water partition coefficient (Wildman–Crippen LogP) is 4.81. The van der Waals surface area contributed by atoms with Gasteiger partial charge in [-0.05, 0) is 73.1 Å². The van der Waals surface area contributed by atoms with Gasteiger partial charge in [0.05, 0.1) is 16.6 Å². The van der Waals surface area contributed by atoms with Crippen molar-refractivity contribution in [3.05, 3.63) is 95.1 Å². The van der Waals surface area contributed by atoms with Crippen LogP contribution in [0.15, 0.2) is 77.7 Å². The lowest BCUT2D eigenvalue weighted by Crippen LogP contribution is -2.42. The fourth-order valence-corrected chi connectivity index (χ4v) is 5.91. The Kier molecular flexibility index (Phi) is 6.84. The first kappa shape index (κ1) is 23.1. The molecular formula is C27H30N2O3S. The van der Waals surface area contributed by atoms with E-state index in [2.05, 4.69) is 23.5 Å². The first-order valence-corrected chi connectivity index (χ1v) is 12.9. The number of fused-ring (bicyclic) bond motifs is 1. The van der Waals surface area contributed by atoms with Crippen molar-refractivity contribution in [1.82, 2.24) is 5.32 Å². The molecule has 1 atom stereocenters. The quantitative estimate of drug-likeness (QED) is 0.522. The third-order valence-electron chi connectivity index (χ3n) is 6.26. The van der Waals surface area contributed by atoms with Crippen LogP contribution >= 0.6 is 0 Å². The Balaban J connectivity index is 1.60. The molecule has 172 valence electrons. The Morgan fingerprint density at radius 3 is 2.42 bits per heavy atom. The van der Waals surface area contributed by atoms with Crippen molar-refractivity contribution < 1.29 is 13.2 Å². The van der Waals surface area contributed by atoms with Gasteiger partial charge in [0.2, 0.25) is 5.91 Å². The highest BCUT2D eigenvalue weighted by molar-refractivity contribution is 7.92. The molecular weight excluding hydrogens is 432 g/mol. The number of hydrogen-bond acceptors (Lipinski definition) is 3. The highest BCUT2D eigenvalue weighted by Gasteiger charge is 2.29. The van der Waals surface area contributed by atoms with E-state index >= 15 is 0 Å². The first-order chi connectivity index (χ1) is 15.9. The maximum Gasteiger partial charge on any atom is 0.264 e. The fourth-order valence-electron chi connectivity index (χ4n) is 4.43. The van der Waals surface area contributed by atoms with E-state index in [-0.39, 0.29) is 23.4 Å². The second-order valence-electron chi connectivity index (χ2n) is 8.48. The number of aryl methyl sites for hydroxylation is 3. The number of sulfonamides is 1. The highest BCUT2D eigenvalue weighted by atomic mass is 32.2. The average molecular weight is 463 g/mol. The third kappa shape index (κ3) is 4.96. The third-order valence-corrected chi connectivity index (χ3v) is 8.03. The van der Waals surface area contributed by atoms with Crippen molar-refractivity contribution in [1.29, 1.82) is 0 Å². The minimum atomic E-state index is -3.92. The number of carbonyl (C=O) groups excluding carboxylic acids is 1. The van der Waals surface area contributed by atoms with Crippen molar-refractivity contribution in [2.45, 2.75) is 50.5 Å². The van der Waals surface area contributed by atoms with E-state index in [1.165, 1.54) is 21.9 Å².